The number of H-pyrrole nitrogens is 1. The lowest BCUT2D eigenvalue weighted by atomic mass is 10.1. The first kappa shape index (κ1) is 15.0. The van der Waals surface area contributed by atoms with Crippen LogP contribution in [0.1, 0.15) is 48.9 Å². The predicted molar refractivity (Wildman–Crippen MR) is 102 cm³/mol. The molecule has 2 saturated carbocycles. The summed E-state index contributed by atoms with van der Waals surface area (Å²) in [7, 11) is 0. The van der Waals surface area contributed by atoms with Crippen molar-refractivity contribution in [1.29, 1.82) is 0 Å². The van der Waals surface area contributed by atoms with Gasteiger partial charge in [-0.2, -0.15) is 5.10 Å². The van der Waals surface area contributed by atoms with Gasteiger partial charge in [-0.05, 0) is 37.8 Å². The van der Waals surface area contributed by atoms with Gasteiger partial charge in [-0.15, -0.1) is 0 Å². The molecule has 0 radical (unpaired) electrons. The van der Waals surface area contributed by atoms with Crippen LogP contribution in [0.4, 0.5) is 0 Å². The number of fused-ring (bicyclic) bond motifs is 1. The quantitative estimate of drug-likeness (QED) is 0.593. The van der Waals surface area contributed by atoms with Crippen molar-refractivity contribution in [2.75, 3.05) is 0 Å². The minimum Gasteiger partial charge on any atom is -0.277 e. The van der Waals surface area contributed by atoms with E-state index in [0.29, 0.717) is 11.8 Å². The van der Waals surface area contributed by atoms with Crippen molar-refractivity contribution in [3.63, 3.8) is 0 Å². The summed E-state index contributed by atoms with van der Waals surface area (Å²) in [4.78, 5) is 18.4. The maximum atomic E-state index is 4.82. The number of nitrogens with zero attached hydrogens (tertiary/aromatic N) is 5. The second kappa shape index (κ2) is 5.67. The van der Waals surface area contributed by atoms with E-state index < -0.39 is 0 Å². The molecule has 2 fully saturated rings. The van der Waals surface area contributed by atoms with Gasteiger partial charge in [0.25, 0.3) is 0 Å². The molecule has 0 atom stereocenters. The molecule has 132 valence electrons. The first-order valence-corrected chi connectivity index (χ1v) is 9.48. The molecule has 3 aromatic heterocycles. The van der Waals surface area contributed by atoms with E-state index in [2.05, 4.69) is 32.3 Å². The molecule has 0 aliphatic heterocycles. The summed E-state index contributed by atoms with van der Waals surface area (Å²) in [5.41, 5.74) is 6.77. The fourth-order valence-electron chi connectivity index (χ4n) is 3.54. The summed E-state index contributed by atoms with van der Waals surface area (Å²) in [5, 5.41) is 8.66. The molecule has 1 N–H and O–H groups in total. The third-order valence-corrected chi connectivity index (χ3v) is 5.40. The molecule has 4 aromatic rings. The van der Waals surface area contributed by atoms with Gasteiger partial charge in [0.05, 0.1) is 35.0 Å². The number of hydrogen-bond donors (Lipinski definition) is 1. The number of benzene rings is 1. The molecule has 1 aromatic carbocycles. The molecule has 0 spiro atoms. The highest BCUT2D eigenvalue weighted by Gasteiger charge is 2.26. The van der Waals surface area contributed by atoms with Crippen LogP contribution in [0, 0.1) is 0 Å². The smallest absolute Gasteiger partial charge is 0.120 e. The molecule has 6 rings (SSSR count). The Morgan fingerprint density at radius 3 is 2.15 bits per heavy atom. The van der Waals surface area contributed by atoms with Crippen molar-refractivity contribution >= 4 is 10.9 Å². The maximum Gasteiger partial charge on any atom is 0.120 e. The predicted octanol–water partition coefficient (Wildman–Crippen LogP) is 4.23. The van der Waals surface area contributed by atoms with E-state index in [0.717, 1.165) is 44.9 Å². The molecule has 3 heterocycles. The van der Waals surface area contributed by atoms with E-state index in [1.165, 1.54) is 25.7 Å². The van der Waals surface area contributed by atoms with Crippen LogP contribution in [0.2, 0.25) is 0 Å². The van der Waals surface area contributed by atoms with Crippen LogP contribution in [-0.2, 0) is 0 Å². The molecule has 0 amide bonds. The van der Waals surface area contributed by atoms with Gasteiger partial charge < -0.3 is 0 Å². The van der Waals surface area contributed by atoms with Crippen LogP contribution < -0.4 is 0 Å². The highest BCUT2D eigenvalue weighted by molar-refractivity contribution is 5.94. The summed E-state index contributed by atoms with van der Waals surface area (Å²) in [6.07, 6.45) is 12.3. The fraction of sp³-hybridized carbons (Fsp3) is 0.286. The van der Waals surface area contributed by atoms with Crippen molar-refractivity contribution < 1.29 is 0 Å². The van der Waals surface area contributed by atoms with Crippen molar-refractivity contribution in [2.45, 2.75) is 37.5 Å². The lowest BCUT2D eigenvalue weighted by Crippen LogP contribution is -1.93. The molecular weight excluding hydrogens is 336 g/mol. The van der Waals surface area contributed by atoms with Crippen LogP contribution in [-0.4, -0.2) is 30.1 Å². The SMILES string of the molecule is c1cc2[nH]nc(-c3cncc(C4CC4)n3)c2cc1-c1cncc(C2CC2)n1. The van der Waals surface area contributed by atoms with E-state index >= 15 is 0 Å². The standard InChI is InChI=1S/C21H18N6/c1-2-12(1)17-8-22-10-19(24-17)14-5-6-16-15(7-14)21(27-26-16)20-11-23-9-18(25-20)13-3-4-13/h5-13H,1-4H2,(H,26,27). The molecule has 6 nitrogen and oxygen atoms in total. The Morgan fingerprint density at radius 1 is 0.778 bits per heavy atom. The molecule has 0 unspecified atom stereocenters. The minimum absolute atomic E-state index is 0.568. The normalized spacial score (nSPS) is 16.7. The lowest BCUT2D eigenvalue weighted by molar-refractivity contribution is 0.985. The number of nitrogens with one attached hydrogen (secondary N) is 1. The molecule has 0 saturated heterocycles. The third-order valence-electron chi connectivity index (χ3n) is 5.40. The van der Waals surface area contributed by atoms with E-state index in [1.54, 1.807) is 6.20 Å². The first-order chi connectivity index (χ1) is 13.3. The Hall–Kier alpha value is -3.15. The number of aromatic nitrogens is 6. The van der Waals surface area contributed by atoms with Gasteiger partial charge in [-0.1, -0.05) is 6.07 Å². The average Bonchev–Trinajstić information content (AvgIpc) is 3.64. The fourth-order valence-corrected chi connectivity index (χ4v) is 3.54. The zero-order valence-corrected chi connectivity index (χ0v) is 14.8. The van der Waals surface area contributed by atoms with Gasteiger partial charge in [-0.3, -0.25) is 15.1 Å². The lowest BCUT2D eigenvalue weighted by Gasteiger charge is -2.04. The summed E-state index contributed by atoms with van der Waals surface area (Å²) in [6.45, 7) is 0. The Bertz CT molecular complexity index is 1160. The Morgan fingerprint density at radius 2 is 1.44 bits per heavy atom. The first-order valence-electron chi connectivity index (χ1n) is 9.48. The minimum atomic E-state index is 0.568. The largest absolute Gasteiger partial charge is 0.277 e. The van der Waals surface area contributed by atoms with E-state index in [9.17, 15) is 0 Å². The number of aromatic amines is 1. The highest BCUT2D eigenvalue weighted by atomic mass is 15.1. The van der Waals surface area contributed by atoms with E-state index in [1.807, 2.05) is 24.7 Å². The second-order valence-corrected chi connectivity index (χ2v) is 7.54. The van der Waals surface area contributed by atoms with Crippen LogP contribution in [0.15, 0.2) is 43.0 Å². The zero-order valence-electron chi connectivity index (χ0n) is 14.8. The van der Waals surface area contributed by atoms with Gasteiger partial charge in [0.2, 0.25) is 0 Å². The molecule has 6 heteroatoms. The second-order valence-electron chi connectivity index (χ2n) is 7.54. The average molecular weight is 354 g/mol. The van der Waals surface area contributed by atoms with Crippen molar-refractivity contribution in [1.82, 2.24) is 30.1 Å². The van der Waals surface area contributed by atoms with Crippen molar-refractivity contribution in [3.05, 3.63) is 54.4 Å². The van der Waals surface area contributed by atoms with Gasteiger partial charge >= 0.3 is 0 Å². The highest BCUT2D eigenvalue weighted by Crippen LogP contribution is 2.40. The Labute approximate surface area is 156 Å². The van der Waals surface area contributed by atoms with Crippen molar-refractivity contribution in [2.24, 2.45) is 0 Å². The monoisotopic (exact) mass is 354 g/mol. The van der Waals surface area contributed by atoms with Crippen molar-refractivity contribution in [3.8, 4) is 22.6 Å². The third kappa shape index (κ3) is 2.68. The topological polar surface area (TPSA) is 80.2 Å². The van der Waals surface area contributed by atoms with Gasteiger partial charge in [-0.25, -0.2) is 9.97 Å². The van der Waals surface area contributed by atoms with E-state index in [4.69, 9.17) is 9.97 Å². The Kier molecular flexibility index (Phi) is 3.14. The molecule has 2 aliphatic rings. The molecule has 27 heavy (non-hydrogen) atoms. The number of rotatable bonds is 4. The van der Waals surface area contributed by atoms with Gasteiger partial charge in [0.15, 0.2) is 0 Å². The van der Waals surface area contributed by atoms with Crippen LogP contribution >= 0.6 is 0 Å². The van der Waals surface area contributed by atoms with E-state index in [-0.39, 0.29) is 0 Å². The van der Waals surface area contributed by atoms with Crippen LogP contribution in [0.5, 0.6) is 0 Å². The van der Waals surface area contributed by atoms with Crippen LogP contribution in [0.25, 0.3) is 33.5 Å². The summed E-state index contributed by atoms with van der Waals surface area (Å²) < 4.78 is 0. The number of hydrogen-bond acceptors (Lipinski definition) is 5. The summed E-state index contributed by atoms with van der Waals surface area (Å²) >= 11 is 0. The maximum absolute atomic E-state index is 4.82. The molecule has 0 bridgehead atoms. The summed E-state index contributed by atoms with van der Waals surface area (Å²) in [6, 6.07) is 6.24. The van der Waals surface area contributed by atoms with Crippen LogP contribution in [0.3, 0.4) is 0 Å². The van der Waals surface area contributed by atoms with Gasteiger partial charge in [0.1, 0.15) is 11.4 Å². The molecule has 2 aliphatic carbocycles. The van der Waals surface area contributed by atoms with Gasteiger partial charge in [0, 0.05) is 35.2 Å². The summed E-state index contributed by atoms with van der Waals surface area (Å²) in [5.74, 6) is 1.16. The Balaban J connectivity index is 1.45. The zero-order chi connectivity index (χ0) is 17.8. The molecular formula is C21H18N6.